The molecule has 79 heavy (non-hydrogen) atoms. The number of hydrogen-bond acceptors (Lipinski definition) is 2. The summed E-state index contributed by atoms with van der Waals surface area (Å²) >= 11 is 0. The highest BCUT2D eigenvalue weighted by Crippen LogP contribution is 2.52. The van der Waals surface area contributed by atoms with Crippen LogP contribution in [0.4, 0.5) is 17.1 Å². The van der Waals surface area contributed by atoms with Crippen LogP contribution < -0.4 is 25.6 Å². The average molecular weight is 1020 g/mol. The van der Waals surface area contributed by atoms with Gasteiger partial charge in [0.2, 0.25) is 0 Å². The quantitative estimate of drug-likeness (QED) is 0.0896. The van der Waals surface area contributed by atoms with Gasteiger partial charge in [-0.05, 0) is 142 Å². The van der Waals surface area contributed by atoms with Crippen molar-refractivity contribution in [1.82, 2.24) is 0 Å². The summed E-state index contributed by atoms with van der Waals surface area (Å²) in [4.78, 5) is 2.34. The summed E-state index contributed by atoms with van der Waals surface area (Å²) in [5, 5.41) is 9.93. The average Bonchev–Trinajstić information content (AvgIpc) is 4.07. The molecule has 0 saturated carbocycles. The minimum Gasteiger partial charge on any atom is -0.456 e. The Balaban J connectivity index is 0.905. The van der Waals surface area contributed by atoms with E-state index in [0.29, 0.717) is 0 Å². The fourth-order valence-electron chi connectivity index (χ4n) is 12.3. The molecule has 0 N–H and O–H groups in total. The van der Waals surface area contributed by atoms with Gasteiger partial charge < -0.3 is 9.32 Å². The van der Waals surface area contributed by atoms with Gasteiger partial charge in [-0.25, -0.2) is 0 Å². The summed E-state index contributed by atoms with van der Waals surface area (Å²) in [6.45, 7) is 0. The Kier molecular flexibility index (Phi) is 12.3. The third kappa shape index (κ3) is 8.45. The van der Waals surface area contributed by atoms with Crippen molar-refractivity contribution in [2.75, 3.05) is 4.90 Å². The molecule has 0 fully saturated rings. The maximum Gasteiger partial charge on any atom is 0.179 e. The molecule has 1 heterocycles. The van der Waals surface area contributed by atoms with E-state index in [1.165, 1.54) is 76.0 Å². The maximum atomic E-state index is 6.97. The number of fused-ring (bicyclic) bond motifs is 4. The Morgan fingerprint density at radius 2 is 0.544 bits per heavy atom. The zero-order valence-electron chi connectivity index (χ0n) is 43.5. The smallest absolute Gasteiger partial charge is 0.179 e. The molecule has 372 valence electrons. The SMILES string of the molecule is c1ccc(-c2c(-c3ccccc3)c(-c3ccccc3)c3cc(-c4ccc5c(c4)oc4cc(N(c6ccccc6)c6ccc([Si](c7ccccc7)(c7ccccc7)c7ccccc7)cc6)ccc45)ccc3c2-c2ccccc2)cc1. The van der Waals surface area contributed by atoms with Crippen molar-refractivity contribution in [3.63, 3.8) is 0 Å². The maximum absolute atomic E-state index is 6.97. The first-order valence-corrected chi connectivity index (χ1v) is 29.2. The standard InChI is InChI=1S/C76H53NOSi/c1-9-25-54(26-10-1)73-69-49-42-58(51-70(69)74(55-27-11-2-12-28-55)76(57-31-15-4-16-32-57)75(73)56-29-13-3-14-30-56)59-41-48-67-68-50-45-62(53-72(68)78-71(67)52-59)77(60-33-17-5-18-34-60)61-43-46-66(47-44-61)79(63-35-19-6-20-36-63,64-37-21-7-22-38-64)65-39-23-8-24-40-65/h1-53H. The molecule has 0 aliphatic rings. The van der Waals surface area contributed by atoms with Crippen LogP contribution in [0.1, 0.15) is 0 Å². The molecule has 0 spiro atoms. The summed E-state index contributed by atoms with van der Waals surface area (Å²) < 4.78 is 6.97. The second-order valence-electron chi connectivity index (χ2n) is 20.3. The first kappa shape index (κ1) is 47.4. The molecule has 0 unspecified atom stereocenters. The van der Waals surface area contributed by atoms with Gasteiger partial charge in [-0.2, -0.15) is 0 Å². The third-order valence-electron chi connectivity index (χ3n) is 15.8. The lowest BCUT2D eigenvalue weighted by molar-refractivity contribution is 0.669. The monoisotopic (exact) mass is 1020 g/mol. The number of para-hydroxylation sites is 1. The molecule has 0 aliphatic carbocycles. The highest BCUT2D eigenvalue weighted by atomic mass is 28.3. The number of hydrogen-bond donors (Lipinski definition) is 0. The highest BCUT2D eigenvalue weighted by molar-refractivity contribution is 7.19. The molecular weight excluding hydrogens is 971 g/mol. The Morgan fingerprint density at radius 1 is 0.215 bits per heavy atom. The van der Waals surface area contributed by atoms with Crippen LogP contribution in [-0.4, -0.2) is 8.07 Å². The summed E-state index contributed by atoms with van der Waals surface area (Å²) in [5.74, 6) is 0. The van der Waals surface area contributed by atoms with Gasteiger partial charge in [-0.3, -0.25) is 0 Å². The first-order chi connectivity index (χ1) is 39.2. The Morgan fingerprint density at radius 3 is 1.01 bits per heavy atom. The minimum absolute atomic E-state index is 0.837. The highest BCUT2D eigenvalue weighted by Gasteiger charge is 2.41. The van der Waals surface area contributed by atoms with Gasteiger partial charge in [0.05, 0.1) is 0 Å². The van der Waals surface area contributed by atoms with Crippen LogP contribution in [0.3, 0.4) is 0 Å². The molecule has 0 atom stereocenters. The van der Waals surface area contributed by atoms with E-state index >= 15 is 0 Å². The fraction of sp³-hybridized carbons (Fsp3) is 0. The van der Waals surface area contributed by atoms with E-state index in [0.717, 1.165) is 50.1 Å². The van der Waals surface area contributed by atoms with E-state index < -0.39 is 8.07 Å². The Bertz CT molecular complexity index is 4320. The van der Waals surface area contributed by atoms with Gasteiger partial charge in [0.15, 0.2) is 8.07 Å². The van der Waals surface area contributed by atoms with Gasteiger partial charge in [-0.1, -0.05) is 261 Å². The Hall–Kier alpha value is -10.1. The normalized spacial score (nSPS) is 11.5. The second kappa shape index (κ2) is 20.5. The minimum atomic E-state index is -2.72. The summed E-state index contributed by atoms with van der Waals surface area (Å²) in [6.07, 6.45) is 0. The van der Waals surface area contributed by atoms with Gasteiger partial charge in [0, 0.05) is 33.9 Å². The molecule has 0 radical (unpaired) electrons. The van der Waals surface area contributed by atoms with E-state index in [4.69, 9.17) is 4.42 Å². The number of benzene rings is 13. The lowest BCUT2D eigenvalue weighted by Gasteiger charge is -2.35. The van der Waals surface area contributed by atoms with E-state index in [9.17, 15) is 0 Å². The van der Waals surface area contributed by atoms with Crippen LogP contribution in [0.5, 0.6) is 0 Å². The van der Waals surface area contributed by atoms with Crippen LogP contribution in [0.25, 0.3) is 88.3 Å². The number of anilines is 3. The van der Waals surface area contributed by atoms with Crippen molar-refractivity contribution < 1.29 is 4.42 Å². The summed E-state index contributed by atoms with van der Waals surface area (Å²) in [5.41, 5.74) is 16.6. The summed E-state index contributed by atoms with van der Waals surface area (Å²) in [7, 11) is -2.72. The van der Waals surface area contributed by atoms with E-state index in [1.807, 2.05) is 0 Å². The van der Waals surface area contributed by atoms with Crippen molar-refractivity contribution in [3.8, 4) is 55.6 Å². The topological polar surface area (TPSA) is 16.4 Å². The van der Waals surface area contributed by atoms with Gasteiger partial charge >= 0.3 is 0 Å². The lowest BCUT2D eigenvalue weighted by atomic mass is 9.78. The molecule has 0 bridgehead atoms. The van der Waals surface area contributed by atoms with Crippen molar-refractivity contribution >= 4 is 78.6 Å². The summed E-state index contributed by atoms with van der Waals surface area (Å²) in [6, 6.07) is 117. The van der Waals surface area contributed by atoms with Crippen LogP contribution >= 0.6 is 0 Å². The lowest BCUT2D eigenvalue weighted by Crippen LogP contribution is -2.74. The first-order valence-electron chi connectivity index (χ1n) is 27.2. The molecule has 2 nitrogen and oxygen atoms in total. The van der Waals surface area contributed by atoms with E-state index in [1.54, 1.807) is 0 Å². The molecule has 0 aliphatic heterocycles. The largest absolute Gasteiger partial charge is 0.456 e. The Labute approximate surface area is 462 Å². The molecule has 14 rings (SSSR count). The van der Waals surface area contributed by atoms with Gasteiger partial charge in [0.25, 0.3) is 0 Å². The number of nitrogens with zero attached hydrogens (tertiary/aromatic N) is 1. The van der Waals surface area contributed by atoms with E-state index in [-0.39, 0.29) is 0 Å². The molecular formula is C76H53NOSi. The zero-order chi connectivity index (χ0) is 52.5. The number of furan rings is 1. The van der Waals surface area contributed by atoms with Crippen molar-refractivity contribution in [2.45, 2.75) is 0 Å². The van der Waals surface area contributed by atoms with Crippen molar-refractivity contribution in [2.24, 2.45) is 0 Å². The van der Waals surface area contributed by atoms with Crippen LogP contribution in [-0.2, 0) is 0 Å². The zero-order valence-corrected chi connectivity index (χ0v) is 44.5. The fourth-order valence-corrected chi connectivity index (χ4v) is 17.0. The predicted octanol–water partition coefficient (Wildman–Crippen LogP) is 17.9. The predicted molar refractivity (Wildman–Crippen MR) is 337 cm³/mol. The third-order valence-corrected chi connectivity index (χ3v) is 20.6. The van der Waals surface area contributed by atoms with Crippen molar-refractivity contribution in [3.05, 3.63) is 322 Å². The molecule has 14 aromatic rings. The number of rotatable bonds is 12. The second-order valence-corrected chi connectivity index (χ2v) is 24.1. The van der Waals surface area contributed by atoms with Crippen molar-refractivity contribution in [1.29, 1.82) is 0 Å². The van der Waals surface area contributed by atoms with Crippen LogP contribution in [0.15, 0.2) is 326 Å². The molecule has 0 amide bonds. The molecule has 0 saturated heterocycles. The molecule has 13 aromatic carbocycles. The van der Waals surface area contributed by atoms with Crippen LogP contribution in [0.2, 0.25) is 0 Å². The van der Waals surface area contributed by atoms with E-state index in [2.05, 4.69) is 326 Å². The van der Waals surface area contributed by atoms with Crippen LogP contribution in [0, 0.1) is 0 Å². The molecule has 3 heteroatoms. The van der Waals surface area contributed by atoms with Gasteiger partial charge in [0.1, 0.15) is 11.2 Å². The molecule has 1 aromatic heterocycles. The van der Waals surface area contributed by atoms with Gasteiger partial charge in [-0.15, -0.1) is 0 Å².